The molecule has 1 N–H and O–H groups in total. The van der Waals surface area contributed by atoms with E-state index in [1.54, 1.807) is 11.3 Å². The maximum absolute atomic E-state index is 4.25. The zero-order chi connectivity index (χ0) is 12.8. The molecule has 0 atom stereocenters. The second-order valence-electron chi connectivity index (χ2n) is 4.10. The van der Waals surface area contributed by atoms with E-state index < -0.39 is 0 Å². The molecule has 0 aliphatic heterocycles. The fourth-order valence-electron chi connectivity index (χ4n) is 1.70. The summed E-state index contributed by atoms with van der Waals surface area (Å²) in [5.41, 5.74) is 1.27. The Morgan fingerprint density at radius 3 is 2.89 bits per heavy atom. The number of hydrogen-bond acceptors (Lipinski definition) is 4. The number of nitrogens with one attached hydrogen (secondary N) is 1. The van der Waals surface area contributed by atoms with Gasteiger partial charge in [0.05, 0.1) is 0 Å². The van der Waals surface area contributed by atoms with Gasteiger partial charge in [-0.2, -0.15) is 0 Å². The Kier molecular flexibility index (Phi) is 5.28. The van der Waals surface area contributed by atoms with Crippen LogP contribution in [0.2, 0.25) is 0 Å². The van der Waals surface area contributed by atoms with Gasteiger partial charge in [0, 0.05) is 17.3 Å². The molecule has 0 saturated carbocycles. The van der Waals surface area contributed by atoms with E-state index in [-0.39, 0.29) is 0 Å². The molecule has 2 rings (SSSR count). The van der Waals surface area contributed by atoms with Gasteiger partial charge in [-0.25, -0.2) is 0 Å². The van der Waals surface area contributed by atoms with Crippen molar-refractivity contribution in [2.45, 2.75) is 19.3 Å². The Labute approximate surface area is 120 Å². The Morgan fingerprint density at radius 1 is 1.28 bits per heavy atom. The summed E-state index contributed by atoms with van der Waals surface area (Å²) in [6.07, 6.45) is 2.99. The van der Waals surface area contributed by atoms with E-state index in [2.05, 4.69) is 43.6 Å². The zero-order valence-corrected chi connectivity index (χ0v) is 12.7. The Bertz CT molecular complexity index is 498. The fourth-order valence-corrected chi connectivity index (χ4v) is 3.07. The summed E-state index contributed by atoms with van der Waals surface area (Å²) >= 11 is 5.20. The van der Waals surface area contributed by atoms with Crippen molar-refractivity contribution in [1.29, 1.82) is 0 Å². The number of halogens is 1. The van der Waals surface area contributed by atoms with Crippen LogP contribution in [-0.2, 0) is 12.8 Å². The van der Waals surface area contributed by atoms with E-state index in [1.165, 1.54) is 5.56 Å². The van der Waals surface area contributed by atoms with Crippen molar-refractivity contribution in [1.82, 2.24) is 15.5 Å². The van der Waals surface area contributed by atoms with E-state index in [0.717, 1.165) is 40.3 Å². The molecule has 0 radical (unpaired) electrons. The van der Waals surface area contributed by atoms with Gasteiger partial charge in [-0.05, 0) is 37.7 Å². The first-order valence-corrected chi connectivity index (χ1v) is 7.59. The zero-order valence-electron chi connectivity index (χ0n) is 10.3. The smallest absolute Gasteiger partial charge is 0.121 e. The Hall–Kier alpha value is -0.780. The molecule has 1 aromatic carbocycles. The van der Waals surface area contributed by atoms with E-state index >= 15 is 0 Å². The first-order chi connectivity index (χ1) is 8.78. The molecule has 96 valence electrons. The van der Waals surface area contributed by atoms with Crippen LogP contribution in [0.1, 0.15) is 22.0 Å². The highest BCUT2D eigenvalue weighted by atomic mass is 79.9. The second-order valence-corrected chi connectivity index (χ2v) is 6.17. The monoisotopic (exact) mass is 325 g/mol. The van der Waals surface area contributed by atoms with Crippen molar-refractivity contribution in [3.8, 4) is 0 Å². The normalized spacial score (nSPS) is 10.8. The van der Waals surface area contributed by atoms with Crippen molar-refractivity contribution in [3.05, 3.63) is 44.3 Å². The van der Waals surface area contributed by atoms with E-state index in [1.807, 2.05) is 19.2 Å². The molecule has 2 aromatic rings. The van der Waals surface area contributed by atoms with Crippen molar-refractivity contribution >= 4 is 27.3 Å². The molecular formula is C13H16BrN3S. The number of aromatic nitrogens is 2. The van der Waals surface area contributed by atoms with Gasteiger partial charge in [-0.15, -0.1) is 21.5 Å². The van der Waals surface area contributed by atoms with Crippen molar-refractivity contribution < 1.29 is 0 Å². The molecule has 1 heterocycles. The van der Waals surface area contributed by atoms with Crippen LogP contribution in [0.4, 0.5) is 0 Å². The van der Waals surface area contributed by atoms with E-state index in [0.29, 0.717) is 0 Å². The van der Waals surface area contributed by atoms with Crippen LogP contribution in [0.3, 0.4) is 0 Å². The molecule has 18 heavy (non-hydrogen) atoms. The summed E-state index contributed by atoms with van der Waals surface area (Å²) in [6.45, 7) is 1.03. The summed E-state index contributed by atoms with van der Waals surface area (Å²) < 4.78 is 1.11. The molecule has 0 aliphatic carbocycles. The standard InChI is InChI=1S/C13H16BrN3S/c1-15-7-3-6-12-16-17-13(18-12)9-10-4-2-5-11(14)8-10/h2,4-5,8,15H,3,6-7,9H2,1H3. The topological polar surface area (TPSA) is 37.8 Å². The number of rotatable bonds is 6. The Balaban J connectivity index is 1.94. The van der Waals surface area contributed by atoms with Crippen LogP contribution in [0.25, 0.3) is 0 Å². The highest BCUT2D eigenvalue weighted by Crippen LogP contribution is 2.18. The maximum Gasteiger partial charge on any atom is 0.121 e. The first kappa shape index (κ1) is 13.6. The SMILES string of the molecule is CNCCCc1nnc(Cc2cccc(Br)c2)s1. The van der Waals surface area contributed by atoms with Crippen LogP contribution in [0.15, 0.2) is 28.7 Å². The lowest BCUT2D eigenvalue weighted by Crippen LogP contribution is -2.08. The molecule has 1 aromatic heterocycles. The number of nitrogens with zero attached hydrogens (tertiary/aromatic N) is 2. The van der Waals surface area contributed by atoms with Crippen molar-refractivity contribution in [2.75, 3.05) is 13.6 Å². The lowest BCUT2D eigenvalue weighted by Gasteiger charge is -1.97. The predicted octanol–water partition coefficient (Wildman–Crippen LogP) is 3.04. The lowest BCUT2D eigenvalue weighted by atomic mass is 10.2. The van der Waals surface area contributed by atoms with Crippen LogP contribution in [0, 0.1) is 0 Å². The van der Waals surface area contributed by atoms with E-state index in [9.17, 15) is 0 Å². The third-order valence-electron chi connectivity index (χ3n) is 2.57. The lowest BCUT2D eigenvalue weighted by molar-refractivity contribution is 0.717. The largest absolute Gasteiger partial charge is 0.320 e. The van der Waals surface area contributed by atoms with Crippen LogP contribution < -0.4 is 5.32 Å². The maximum atomic E-state index is 4.25. The molecule has 0 spiro atoms. The molecule has 0 amide bonds. The highest BCUT2D eigenvalue weighted by molar-refractivity contribution is 9.10. The summed E-state index contributed by atoms with van der Waals surface area (Å²) in [7, 11) is 1.97. The fraction of sp³-hybridized carbons (Fsp3) is 0.385. The predicted molar refractivity (Wildman–Crippen MR) is 79.1 cm³/mol. The van der Waals surface area contributed by atoms with Gasteiger partial charge in [-0.3, -0.25) is 0 Å². The number of hydrogen-bond donors (Lipinski definition) is 1. The molecule has 5 heteroatoms. The summed E-state index contributed by atoms with van der Waals surface area (Å²) in [4.78, 5) is 0. The van der Waals surface area contributed by atoms with E-state index in [4.69, 9.17) is 0 Å². The van der Waals surface area contributed by atoms with Gasteiger partial charge < -0.3 is 5.32 Å². The molecule has 0 fully saturated rings. The van der Waals surface area contributed by atoms with Crippen LogP contribution >= 0.6 is 27.3 Å². The number of benzene rings is 1. The average Bonchev–Trinajstić information content (AvgIpc) is 2.77. The molecule has 0 aliphatic rings. The summed E-state index contributed by atoms with van der Waals surface area (Å²) in [6, 6.07) is 8.33. The second kappa shape index (κ2) is 6.97. The highest BCUT2D eigenvalue weighted by Gasteiger charge is 2.05. The number of aryl methyl sites for hydroxylation is 1. The third kappa shape index (κ3) is 4.15. The van der Waals surface area contributed by atoms with Crippen LogP contribution in [0.5, 0.6) is 0 Å². The third-order valence-corrected chi connectivity index (χ3v) is 4.05. The van der Waals surface area contributed by atoms with Gasteiger partial charge in [0.2, 0.25) is 0 Å². The molecule has 3 nitrogen and oxygen atoms in total. The molecule has 0 saturated heterocycles. The van der Waals surface area contributed by atoms with Gasteiger partial charge >= 0.3 is 0 Å². The van der Waals surface area contributed by atoms with Gasteiger partial charge in [0.25, 0.3) is 0 Å². The average molecular weight is 326 g/mol. The van der Waals surface area contributed by atoms with Gasteiger partial charge in [0.15, 0.2) is 0 Å². The van der Waals surface area contributed by atoms with Crippen molar-refractivity contribution in [3.63, 3.8) is 0 Å². The minimum atomic E-state index is 0.864. The van der Waals surface area contributed by atoms with Gasteiger partial charge in [-0.1, -0.05) is 28.1 Å². The quantitative estimate of drug-likeness (QED) is 0.829. The summed E-state index contributed by atoms with van der Waals surface area (Å²) in [5.74, 6) is 0. The molecular weight excluding hydrogens is 310 g/mol. The minimum Gasteiger partial charge on any atom is -0.320 e. The first-order valence-electron chi connectivity index (χ1n) is 5.98. The summed E-state index contributed by atoms with van der Waals surface area (Å²) in [5, 5.41) is 13.9. The molecule has 0 unspecified atom stereocenters. The Morgan fingerprint density at radius 2 is 2.11 bits per heavy atom. The van der Waals surface area contributed by atoms with Crippen LogP contribution in [-0.4, -0.2) is 23.8 Å². The minimum absolute atomic E-state index is 0.864. The van der Waals surface area contributed by atoms with Gasteiger partial charge in [0.1, 0.15) is 10.0 Å². The van der Waals surface area contributed by atoms with Crippen molar-refractivity contribution in [2.24, 2.45) is 0 Å². The molecule has 0 bridgehead atoms.